The van der Waals surface area contributed by atoms with Crippen molar-refractivity contribution in [3.8, 4) is 5.75 Å². The third-order valence-electron chi connectivity index (χ3n) is 3.33. The van der Waals surface area contributed by atoms with Crippen molar-refractivity contribution in [3.05, 3.63) is 28.2 Å². The Morgan fingerprint density at radius 1 is 1.47 bits per heavy atom. The number of halogens is 2. The van der Waals surface area contributed by atoms with E-state index in [9.17, 15) is 0 Å². The zero-order valence-electron chi connectivity index (χ0n) is 11.4. The maximum absolute atomic E-state index is 6.52. The van der Waals surface area contributed by atoms with Crippen LogP contribution in [0.3, 0.4) is 0 Å². The van der Waals surface area contributed by atoms with Gasteiger partial charge in [0.25, 0.3) is 0 Å². The van der Waals surface area contributed by atoms with Gasteiger partial charge in [0.2, 0.25) is 0 Å². The number of benzene rings is 1. The van der Waals surface area contributed by atoms with Crippen molar-refractivity contribution < 1.29 is 9.47 Å². The van der Waals surface area contributed by atoms with Gasteiger partial charge in [-0.25, -0.2) is 0 Å². The molecule has 106 valence electrons. The van der Waals surface area contributed by atoms with Crippen molar-refractivity contribution in [1.82, 2.24) is 0 Å². The average molecular weight is 348 g/mol. The molecule has 1 aliphatic rings. The van der Waals surface area contributed by atoms with Gasteiger partial charge >= 0.3 is 0 Å². The lowest BCUT2D eigenvalue weighted by molar-refractivity contribution is 0.0533. The molecule has 0 spiro atoms. The molecule has 3 unspecified atom stereocenters. The second-order valence-corrected chi connectivity index (χ2v) is 6.33. The summed E-state index contributed by atoms with van der Waals surface area (Å²) < 4.78 is 12.4. The van der Waals surface area contributed by atoms with E-state index in [1.54, 1.807) is 0 Å². The predicted molar refractivity (Wildman–Crippen MR) is 82.1 cm³/mol. The Hall–Kier alpha value is -0.250. The Balaban J connectivity index is 2.06. The number of alkyl halides is 1. The van der Waals surface area contributed by atoms with Crippen LogP contribution >= 0.6 is 27.5 Å². The third kappa shape index (κ3) is 3.87. The van der Waals surface area contributed by atoms with Gasteiger partial charge in [0, 0.05) is 0 Å². The fraction of sp³-hybridized carbons (Fsp3) is 0.600. The zero-order chi connectivity index (χ0) is 13.8. The van der Waals surface area contributed by atoms with Gasteiger partial charge in [0.15, 0.2) is 0 Å². The first kappa shape index (κ1) is 15.1. The minimum Gasteiger partial charge on any atom is -0.492 e. The Labute approximate surface area is 128 Å². The normalized spacial score (nSPS) is 24.4. The number of ether oxygens (including phenoxy) is 2. The summed E-state index contributed by atoms with van der Waals surface area (Å²) in [5.74, 6) is 0.871. The first-order valence-corrected chi connectivity index (χ1v) is 8.06. The lowest BCUT2D eigenvalue weighted by Gasteiger charge is -2.19. The smallest absolute Gasteiger partial charge is 0.133 e. The fourth-order valence-corrected chi connectivity index (χ4v) is 3.11. The van der Waals surface area contributed by atoms with E-state index in [1.165, 1.54) is 0 Å². The molecule has 2 nitrogen and oxygen atoms in total. The van der Waals surface area contributed by atoms with Crippen LogP contribution in [0.4, 0.5) is 0 Å². The molecular formula is C15H20BrClO2. The lowest BCUT2D eigenvalue weighted by atomic mass is 10.0. The zero-order valence-corrected chi connectivity index (χ0v) is 13.7. The molecule has 1 aliphatic heterocycles. The first-order valence-electron chi connectivity index (χ1n) is 6.83. The van der Waals surface area contributed by atoms with Crippen LogP contribution in [0.5, 0.6) is 5.75 Å². The molecular weight excluding hydrogens is 328 g/mol. The standard InChI is InChI=1S/C15H20BrClO2/c1-3-8-18-13-7-5-11(9-12(13)16)15(17)14-6-4-10(2)19-14/h5,7,9-10,14-15H,3-4,6,8H2,1-2H3. The van der Waals surface area contributed by atoms with Crippen LogP contribution in [-0.4, -0.2) is 18.8 Å². The summed E-state index contributed by atoms with van der Waals surface area (Å²) in [7, 11) is 0. The molecule has 19 heavy (non-hydrogen) atoms. The van der Waals surface area contributed by atoms with Gasteiger partial charge in [-0.15, -0.1) is 11.6 Å². The Morgan fingerprint density at radius 3 is 2.84 bits per heavy atom. The van der Waals surface area contributed by atoms with Crippen molar-refractivity contribution >= 4 is 27.5 Å². The molecule has 2 rings (SSSR count). The molecule has 0 amide bonds. The maximum Gasteiger partial charge on any atom is 0.133 e. The van der Waals surface area contributed by atoms with Crippen LogP contribution in [0, 0.1) is 0 Å². The predicted octanol–water partition coefficient (Wildman–Crippen LogP) is 5.09. The highest BCUT2D eigenvalue weighted by atomic mass is 79.9. The molecule has 0 bridgehead atoms. The molecule has 1 heterocycles. The number of hydrogen-bond donors (Lipinski definition) is 0. The SMILES string of the molecule is CCCOc1ccc(C(Cl)C2CCC(C)O2)cc1Br. The molecule has 0 aromatic heterocycles. The highest BCUT2D eigenvalue weighted by Crippen LogP contribution is 2.37. The molecule has 1 aromatic rings. The molecule has 4 heteroatoms. The van der Waals surface area contributed by atoms with Crippen molar-refractivity contribution in [2.45, 2.75) is 50.7 Å². The maximum atomic E-state index is 6.52. The monoisotopic (exact) mass is 346 g/mol. The molecule has 0 radical (unpaired) electrons. The van der Waals surface area contributed by atoms with Gasteiger partial charge in [-0.05, 0) is 59.8 Å². The van der Waals surface area contributed by atoms with Gasteiger partial charge in [0.05, 0.1) is 28.7 Å². The fourth-order valence-electron chi connectivity index (χ4n) is 2.28. The second kappa shape index (κ2) is 6.96. The number of hydrogen-bond acceptors (Lipinski definition) is 2. The highest BCUT2D eigenvalue weighted by Gasteiger charge is 2.29. The highest BCUT2D eigenvalue weighted by molar-refractivity contribution is 9.10. The van der Waals surface area contributed by atoms with E-state index in [-0.39, 0.29) is 11.5 Å². The summed E-state index contributed by atoms with van der Waals surface area (Å²) >= 11 is 10.1. The van der Waals surface area contributed by atoms with Crippen molar-refractivity contribution in [1.29, 1.82) is 0 Å². The average Bonchev–Trinajstić information content (AvgIpc) is 2.83. The van der Waals surface area contributed by atoms with E-state index in [0.717, 1.165) is 41.7 Å². The van der Waals surface area contributed by atoms with Crippen LogP contribution in [0.15, 0.2) is 22.7 Å². The summed E-state index contributed by atoms with van der Waals surface area (Å²) in [4.78, 5) is 0. The van der Waals surface area contributed by atoms with Crippen LogP contribution < -0.4 is 4.74 Å². The van der Waals surface area contributed by atoms with E-state index >= 15 is 0 Å². The van der Waals surface area contributed by atoms with Crippen LogP contribution in [0.25, 0.3) is 0 Å². The molecule has 1 fully saturated rings. The minimum absolute atomic E-state index is 0.0959. The summed E-state index contributed by atoms with van der Waals surface area (Å²) in [6.07, 6.45) is 3.56. The Kier molecular flexibility index (Phi) is 5.55. The molecule has 1 aromatic carbocycles. The lowest BCUT2D eigenvalue weighted by Crippen LogP contribution is -2.14. The van der Waals surface area contributed by atoms with Gasteiger partial charge in [-0.1, -0.05) is 13.0 Å². The molecule has 0 saturated carbocycles. The van der Waals surface area contributed by atoms with Gasteiger partial charge < -0.3 is 9.47 Å². The van der Waals surface area contributed by atoms with E-state index in [4.69, 9.17) is 21.1 Å². The van der Waals surface area contributed by atoms with Crippen molar-refractivity contribution in [3.63, 3.8) is 0 Å². The molecule has 0 aliphatic carbocycles. The van der Waals surface area contributed by atoms with Gasteiger partial charge in [0.1, 0.15) is 5.75 Å². The number of rotatable bonds is 5. The van der Waals surface area contributed by atoms with E-state index in [2.05, 4.69) is 29.8 Å². The molecule has 3 atom stereocenters. The van der Waals surface area contributed by atoms with Crippen LogP contribution in [0.2, 0.25) is 0 Å². The van der Waals surface area contributed by atoms with Crippen LogP contribution in [-0.2, 0) is 4.74 Å². The van der Waals surface area contributed by atoms with Crippen molar-refractivity contribution in [2.75, 3.05) is 6.61 Å². The van der Waals surface area contributed by atoms with E-state index in [0.29, 0.717) is 6.10 Å². The van der Waals surface area contributed by atoms with Crippen molar-refractivity contribution in [2.24, 2.45) is 0 Å². The van der Waals surface area contributed by atoms with E-state index in [1.807, 2.05) is 18.2 Å². The van der Waals surface area contributed by atoms with Crippen LogP contribution in [0.1, 0.15) is 44.1 Å². The van der Waals surface area contributed by atoms with Gasteiger partial charge in [-0.2, -0.15) is 0 Å². The second-order valence-electron chi connectivity index (χ2n) is 5.00. The molecule has 1 saturated heterocycles. The summed E-state index contributed by atoms with van der Waals surface area (Å²) in [6, 6.07) is 6.04. The van der Waals surface area contributed by atoms with E-state index < -0.39 is 0 Å². The summed E-state index contributed by atoms with van der Waals surface area (Å²) in [6.45, 7) is 4.92. The Morgan fingerprint density at radius 2 is 2.26 bits per heavy atom. The third-order valence-corrected chi connectivity index (χ3v) is 4.48. The summed E-state index contributed by atoms with van der Waals surface area (Å²) in [5, 5.41) is -0.0959. The summed E-state index contributed by atoms with van der Waals surface area (Å²) in [5.41, 5.74) is 1.08. The quantitative estimate of drug-likeness (QED) is 0.691. The largest absolute Gasteiger partial charge is 0.492 e. The minimum atomic E-state index is -0.0959. The van der Waals surface area contributed by atoms with Gasteiger partial charge in [-0.3, -0.25) is 0 Å². The first-order chi connectivity index (χ1) is 9.11. The molecule has 0 N–H and O–H groups in total. The topological polar surface area (TPSA) is 18.5 Å². The Bertz CT molecular complexity index is 425.